The van der Waals surface area contributed by atoms with E-state index in [9.17, 15) is 4.79 Å². The van der Waals surface area contributed by atoms with Gasteiger partial charge in [-0.05, 0) is 42.7 Å². The second kappa shape index (κ2) is 7.78. The van der Waals surface area contributed by atoms with Gasteiger partial charge in [-0.2, -0.15) is 0 Å². The molecule has 0 radical (unpaired) electrons. The minimum absolute atomic E-state index is 0.150. The van der Waals surface area contributed by atoms with E-state index in [1.165, 1.54) is 19.5 Å². The first-order chi connectivity index (χ1) is 12.7. The van der Waals surface area contributed by atoms with Crippen LogP contribution in [0.3, 0.4) is 0 Å². The van der Waals surface area contributed by atoms with Crippen LogP contribution in [0.1, 0.15) is 15.4 Å². The Hall–Kier alpha value is -1.89. The van der Waals surface area contributed by atoms with Crippen molar-refractivity contribution < 1.29 is 9.69 Å². The monoisotopic (exact) mass is 384 g/mol. The summed E-state index contributed by atoms with van der Waals surface area (Å²) in [7, 11) is 0. The number of fused-ring (bicyclic) bond motifs is 1. The molecule has 1 saturated heterocycles. The molecule has 26 heavy (non-hydrogen) atoms. The number of carbonyl (C=O) groups excluding carboxylic acids is 1. The lowest BCUT2D eigenvalue weighted by Gasteiger charge is -2.31. The molecule has 1 aliphatic heterocycles. The molecule has 2 aromatic carbocycles. The number of rotatable bonds is 4. The number of hydrogen-bond donors (Lipinski definition) is 1. The fourth-order valence-corrected chi connectivity index (χ4v) is 4.78. The molecule has 1 aliphatic rings. The average molecular weight is 385 g/mol. The highest BCUT2D eigenvalue weighted by Gasteiger charge is 2.25. The number of thioether (sulfide) groups is 1. The Bertz CT molecular complexity index is 866. The zero-order valence-electron chi connectivity index (χ0n) is 14.8. The van der Waals surface area contributed by atoms with E-state index in [-0.39, 0.29) is 5.91 Å². The van der Waals surface area contributed by atoms with E-state index in [2.05, 4.69) is 18.2 Å². The molecule has 3 aromatic rings. The van der Waals surface area contributed by atoms with Gasteiger partial charge < -0.3 is 9.80 Å². The summed E-state index contributed by atoms with van der Waals surface area (Å²) in [6.07, 6.45) is 2.05. The van der Waals surface area contributed by atoms with Crippen molar-refractivity contribution in [1.82, 2.24) is 9.88 Å². The van der Waals surface area contributed by atoms with Crippen molar-refractivity contribution in [2.24, 2.45) is 0 Å². The Morgan fingerprint density at radius 3 is 2.58 bits per heavy atom. The maximum Gasteiger partial charge on any atom is 0.254 e. The number of benzene rings is 2. The Morgan fingerprint density at radius 1 is 1.15 bits per heavy atom. The molecule has 0 unspecified atom stereocenters. The van der Waals surface area contributed by atoms with Crippen molar-refractivity contribution in [1.29, 1.82) is 0 Å². The van der Waals surface area contributed by atoms with Gasteiger partial charge in [0.05, 0.1) is 36.4 Å². The minimum atomic E-state index is 0.150. The van der Waals surface area contributed by atoms with Gasteiger partial charge in [0, 0.05) is 10.5 Å². The lowest BCUT2D eigenvalue weighted by Crippen LogP contribution is -3.13. The van der Waals surface area contributed by atoms with Crippen molar-refractivity contribution in [3.63, 3.8) is 0 Å². The van der Waals surface area contributed by atoms with Gasteiger partial charge in [0.15, 0.2) is 0 Å². The molecule has 1 amide bonds. The zero-order chi connectivity index (χ0) is 17.9. The van der Waals surface area contributed by atoms with Crippen LogP contribution < -0.4 is 4.90 Å². The number of amides is 1. The molecule has 0 saturated carbocycles. The summed E-state index contributed by atoms with van der Waals surface area (Å²) in [5.41, 5.74) is 1.88. The number of aromatic nitrogens is 1. The van der Waals surface area contributed by atoms with Crippen LogP contribution in [0.2, 0.25) is 0 Å². The largest absolute Gasteiger partial charge is 0.327 e. The molecule has 0 atom stereocenters. The normalized spacial score (nSPS) is 15.5. The van der Waals surface area contributed by atoms with Crippen molar-refractivity contribution in [3.05, 3.63) is 59.1 Å². The molecule has 1 N–H and O–H groups in total. The third-order valence-electron chi connectivity index (χ3n) is 4.83. The van der Waals surface area contributed by atoms with Gasteiger partial charge >= 0.3 is 0 Å². The smallest absolute Gasteiger partial charge is 0.254 e. The van der Waals surface area contributed by atoms with Crippen LogP contribution in [0.5, 0.6) is 0 Å². The van der Waals surface area contributed by atoms with Crippen molar-refractivity contribution in [2.75, 3.05) is 32.4 Å². The van der Waals surface area contributed by atoms with Crippen LogP contribution >= 0.6 is 23.1 Å². The third kappa shape index (κ3) is 3.77. The summed E-state index contributed by atoms with van der Waals surface area (Å²) >= 11 is 3.48. The predicted octanol–water partition coefficient (Wildman–Crippen LogP) is 2.56. The van der Waals surface area contributed by atoms with Gasteiger partial charge in [-0.15, -0.1) is 23.1 Å². The molecule has 0 spiro atoms. The van der Waals surface area contributed by atoms with Crippen LogP contribution in [-0.2, 0) is 6.54 Å². The Balaban J connectivity index is 1.35. The van der Waals surface area contributed by atoms with Crippen molar-refractivity contribution in [2.45, 2.75) is 11.4 Å². The van der Waals surface area contributed by atoms with E-state index in [4.69, 9.17) is 4.98 Å². The highest BCUT2D eigenvalue weighted by atomic mass is 32.2. The second-order valence-corrected chi connectivity index (χ2v) is 8.52. The number of nitrogens with one attached hydrogen (secondary N) is 1. The lowest BCUT2D eigenvalue weighted by atomic mass is 10.2. The Kier molecular flexibility index (Phi) is 5.24. The number of carbonyl (C=O) groups is 1. The predicted molar refractivity (Wildman–Crippen MR) is 108 cm³/mol. The molecule has 4 rings (SSSR count). The molecule has 1 aromatic heterocycles. The van der Waals surface area contributed by atoms with Crippen LogP contribution in [-0.4, -0.2) is 48.2 Å². The van der Waals surface area contributed by atoms with Gasteiger partial charge in [0.1, 0.15) is 11.6 Å². The number of hydrogen-bond acceptors (Lipinski definition) is 4. The van der Waals surface area contributed by atoms with Crippen LogP contribution in [0.25, 0.3) is 10.2 Å². The van der Waals surface area contributed by atoms with Crippen LogP contribution in [0.15, 0.2) is 53.4 Å². The molecular formula is C20H22N3OS2+. The van der Waals surface area contributed by atoms with E-state index in [0.29, 0.717) is 0 Å². The molecule has 134 valence electrons. The van der Waals surface area contributed by atoms with Crippen LogP contribution in [0.4, 0.5) is 0 Å². The summed E-state index contributed by atoms with van der Waals surface area (Å²) in [5, 5.41) is 1.19. The van der Waals surface area contributed by atoms with Gasteiger partial charge in [-0.1, -0.05) is 12.1 Å². The summed E-state index contributed by atoms with van der Waals surface area (Å²) in [4.78, 5) is 22.1. The molecular weight excluding hydrogens is 362 g/mol. The average Bonchev–Trinajstić information content (AvgIpc) is 3.10. The van der Waals surface area contributed by atoms with E-state index in [1.807, 2.05) is 41.5 Å². The first-order valence-corrected chi connectivity index (χ1v) is 10.9. The second-order valence-electron chi connectivity index (χ2n) is 6.52. The highest BCUT2D eigenvalue weighted by Crippen LogP contribution is 2.21. The van der Waals surface area contributed by atoms with Gasteiger partial charge in [0.2, 0.25) is 0 Å². The standard InChI is InChI=1S/C20H21N3OS2/c1-25-16-8-6-15(7-9-16)20(24)23-12-10-22(11-13-23)14-19-21-17-4-2-3-5-18(17)26-19/h2-9H,10-14H2,1H3/p+1. The lowest BCUT2D eigenvalue weighted by molar-refractivity contribution is -0.917. The first kappa shape index (κ1) is 17.5. The molecule has 6 heteroatoms. The molecule has 0 aliphatic carbocycles. The molecule has 2 heterocycles. The van der Waals surface area contributed by atoms with E-state index in [0.717, 1.165) is 43.8 Å². The minimum Gasteiger partial charge on any atom is -0.327 e. The highest BCUT2D eigenvalue weighted by molar-refractivity contribution is 7.98. The Morgan fingerprint density at radius 2 is 1.88 bits per heavy atom. The number of piperazine rings is 1. The van der Waals surface area contributed by atoms with Gasteiger partial charge in [-0.3, -0.25) is 4.79 Å². The number of thiazole rings is 1. The fraction of sp³-hybridized carbons (Fsp3) is 0.300. The summed E-state index contributed by atoms with van der Waals surface area (Å²) < 4.78 is 1.25. The summed E-state index contributed by atoms with van der Waals surface area (Å²) in [6.45, 7) is 4.52. The van der Waals surface area contributed by atoms with Gasteiger partial charge in [0.25, 0.3) is 5.91 Å². The molecule has 0 bridgehead atoms. The van der Waals surface area contributed by atoms with E-state index < -0.39 is 0 Å². The SMILES string of the molecule is CSc1ccc(C(=O)N2CC[NH+](Cc3nc4ccccc4s3)CC2)cc1. The molecule has 4 nitrogen and oxygen atoms in total. The number of quaternary nitrogens is 1. The maximum atomic E-state index is 12.7. The summed E-state index contributed by atoms with van der Waals surface area (Å²) in [6, 6.07) is 16.2. The topological polar surface area (TPSA) is 37.6 Å². The third-order valence-corrected chi connectivity index (χ3v) is 6.61. The number of para-hydroxylation sites is 1. The summed E-state index contributed by atoms with van der Waals surface area (Å²) in [5.74, 6) is 0.150. The fourth-order valence-electron chi connectivity index (χ4n) is 3.33. The quantitative estimate of drug-likeness (QED) is 0.703. The zero-order valence-corrected chi connectivity index (χ0v) is 16.4. The van der Waals surface area contributed by atoms with E-state index >= 15 is 0 Å². The maximum absolute atomic E-state index is 12.7. The molecule has 1 fully saturated rings. The van der Waals surface area contributed by atoms with E-state index in [1.54, 1.807) is 23.1 Å². The Labute approximate surface area is 161 Å². The van der Waals surface area contributed by atoms with Crippen LogP contribution in [0, 0.1) is 0 Å². The first-order valence-electron chi connectivity index (χ1n) is 8.84. The van der Waals surface area contributed by atoms with Gasteiger partial charge in [-0.25, -0.2) is 4.98 Å². The number of nitrogens with zero attached hydrogens (tertiary/aromatic N) is 2. The van der Waals surface area contributed by atoms with Crippen molar-refractivity contribution >= 4 is 39.2 Å². The van der Waals surface area contributed by atoms with Crippen molar-refractivity contribution in [3.8, 4) is 0 Å².